The van der Waals surface area contributed by atoms with Crippen molar-refractivity contribution < 1.29 is 19.1 Å². The van der Waals surface area contributed by atoms with Gasteiger partial charge in [-0.3, -0.25) is 4.79 Å². The molecule has 120 valence electrons. The minimum atomic E-state index is -0.676. The number of hydrogen-bond donors (Lipinski definition) is 1. The summed E-state index contributed by atoms with van der Waals surface area (Å²) in [5.41, 5.74) is 1.64. The molecule has 0 aliphatic heterocycles. The molecule has 23 heavy (non-hydrogen) atoms. The largest absolute Gasteiger partial charge is 0.425 e. The highest BCUT2D eigenvalue weighted by Crippen LogP contribution is 2.16. The van der Waals surface area contributed by atoms with Crippen LogP contribution in [0, 0.1) is 0 Å². The minimum Gasteiger partial charge on any atom is -0.425 e. The highest BCUT2D eigenvalue weighted by molar-refractivity contribution is 5.88. The van der Waals surface area contributed by atoms with Gasteiger partial charge in [-0.05, 0) is 36.8 Å². The molecule has 2 aromatic carbocycles. The zero-order valence-corrected chi connectivity index (χ0v) is 13.1. The smallest absolute Gasteiger partial charge is 0.340 e. The predicted octanol–water partition coefficient (Wildman–Crippen LogP) is 3.16. The quantitative estimate of drug-likeness (QED) is 0.657. The van der Waals surface area contributed by atoms with Crippen LogP contribution in [-0.2, 0) is 20.9 Å². The van der Waals surface area contributed by atoms with E-state index < -0.39 is 12.1 Å². The number of amides is 1. The second kappa shape index (κ2) is 8.10. The van der Waals surface area contributed by atoms with Crippen LogP contribution in [0.25, 0.3) is 0 Å². The molecule has 0 unspecified atom stereocenters. The standard InChI is InChI=1S/C18H19NO4/c1-13(22-12-15-6-4-3-5-7-15)18(21)23-17-10-8-16(9-11-17)19-14(2)20/h3-11,13H,12H2,1-2H3,(H,19,20)/t13-/m1/s1. The second-order valence-electron chi connectivity index (χ2n) is 5.07. The maximum absolute atomic E-state index is 12.0. The zero-order valence-electron chi connectivity index (χ0n) is 13.1. The van der Waals surface area contributed by atoms with E-state index in [0.717, 1.165) is 5.56 Å². The van der Waals surface area contributed by atoms with E-state index in [-0.39, 0.29) is 5.91 Å². The molecule has 0 heterocycles. The number of hydrogen-bond acceptors (Lipinski definition) is 4. The lowest BCUT2D eigenvalue weighted by molar-refractivity contribution is -0.147. The molecule has 0 aliphatic carbocycles. The molecule has 2 aromatic rings. The highest BCUT2D eigenvalue weighted by Gasteiger charge is 2.16. The van der Waals surface area contributed by atoms with Crippen molar-refractivity contribution in [2.24, 2.45) is 0 Å². The molecule has 1 atom stereocenters. The summed E-state index contributed by atoms with van der Waals surface area (Å²) in [5, 5.41) is 2.64. The van der Waals surface area contributed by atoms with Crippen molar-refractivity contribution in [3.8, 4) is 5.75 Å². The zero-order chi connectivity index (χ0) is 16.7. The van der Waals surface area contributed by atoms with Crippen molar-refractivity contribution in [2.75, 3.05) is 5.32 Å². The third kappa shape index (κ3) is 5.56. The van der Waals surface area contributed by atoms with Crippen molar-refractivity contribution in [3.05, 3.63) is 60.2 Å². The Labute approximate surface area is 135 Å². The van der Waals surface area contributed by atoms with Crippen LogP contribution in [0.2, 0.25) is 0 Å². The maximum Gasteiger partial charge on any atom is 0.340 e. The van der Waals surface area contributed by atoms with Gasteiger partial charge in [0.1, 0.15) is 5.75 Å². The highest BCUT2D eigenvalue weighted by atomic mass is 16.6. The van der Waals surface area contributed by atoms with Gasteiger partial charge in [0.05, 0.1) is 6.61 Å². The molecule has 0 bridgehead atoms. The fourth-order valence-corrected chi connectivity index (χ4v) is 1.87. The minimum absolute atomic E-state index is 0.155. The summed E-state index contributed by atoms with van der Waals surface area (Å²) < 4.78 is 10.8. The lowest BCUT2D eigenvalue weighted by atomic mass is 10.2. The van der Waals surface area contributed by atoms with Gasteiger partial charge in [0.2, 0.25) is 5.91 Å². The van der Waals surface area contributed by atoms with E-state index >= 15 is 0 Å². The summed E-state index contributed by atoms with van der Waals surface area (Å²) in [4.78, 5) is 22.9. The van der Waals surface area contributed by atoms with Gasteiger partial charge in [-0.2, -0.15) is 0 Å². The number of rotatable bonds is 6. The average Bonchev–Trinajstić information content (AvgIpc) is 2.55. The Hall–Kier alpha value is -2.66. The number of carbonyl (C=O) groups is 2. The topological polar surface area (TPSA) is 64.6 Å². The summed E-state index contributed by atoms with van der Waals surface area (Å²) in [6.45, 7) is 3.43. The number of nitrogens with one attached hydrogen (secondary N) is 1. The Morgan fingerprint density at radius 1 is 1.04 bits per heavy atom. The van der Waals surface area contributed by atoms with Crippen LogP contribution in [0.5, 0.6) is 5.75 Å². The van der Waals surface area contributed by atoms with Crippen LogP contribution >= 0.6 is 0 Å². The van der Waals surface area contributed by atoms with E-state index in [0.29, 0.717) is 18.0 Å². The summed E-state index contributed by atoms with van der Waals surface area (Å²) in [5.74, 6) is -0.217. The average molecular weight is 313 g/mol. The molecule has 0 radical (unpaired) electrons. The molecule has 5 nitrogen and oxygen atoms in total. The molecule has 5 heteroatoms. The number of esters is 1. The molecule has 1 amide bonds. The first-order valence-electron chi connectivity index (χ1n) is 7.29. The summed E-state index contributed by atoms with van der Waals surface area (Å²) in [6, 6.07) is 16.2. The van der Waals surface area contributed by atoms with Crippen LogP contribution in [0.15, 0.2) is 54.6 Å². The van der Waals surface area contributed by atoms with Gasteiger partial charge in [0.15, 0.2) is 6.10 Å². The monoisotopic (exact) mass is 313 g/mol. The van der Waals surface area contributed by atoms with E-state index in [1.54, 1.807) is 31.2 Å². The normalized spacial score (nSPS) is 11.6. The molecule has 1 N–H and O–H groups in total. The number of ether oxygens (including phenoxy) is 2. The summed E-state index contributed by atoms with van der Waals surface area (Å²) in [6.07, 6.45) is -0.676. The van der Waals surface area contributed by atoms with Gasteiger partial charge in [-0.25, -0.2) is 4.79 Å². The Morgan fingerprint density at radius 3 is 2.30 bits per heavy atom. The summed E-state index contributed by atoms with van der Waals surface area (Å²) >= 11 is 0. The second-order valence-corrected chi connectivity index (χ2v) is 5.07. The molecular formula is C18H19NO4. The third-order valence-electron chi connectivity index (χ3n) is 3.07. The van der Waals surface area contributed by atoms with Gasteiger partial charge >= 0.3 is 5.97 Å². The number of carbonyl (C=O) groups excluding carboxylic acids is 2. The van der Waals surface area contributed by atoms with Crippen LogP contribution in [0.4, 0.5) is 5.69 Å². The van der Waals surface area contributed by atoms with E-state index in [4.69, 9.17) is 9.47 Å². The van der Waals surface area contributed by atoms with E-state index in [2.05, 4.69) is 5.32 Å². The van der Waals surface area contributed by atoms with Gasteiger partial charge in [0, 0.05) is 12.6 Å². The molecule has 0 saturated heterocycles. The van der Waals surface area contributed by atoms with E-state index in [1.165, 1.54) is 6.92 Å². The molecule has 2 rings (SSSR count). The van der Waals surface area contributed by atoms with E-state index in [1.807, 2.05) is 30.3 Å². The predicted molar refractivity (Wildman–Crippen MR) is 87.1 cm³/mol. The van der Waals surface area contributed by atoms with Crippen LogP contribution in [-0.4, -0.2) is 18.0 Å². The van der Waals surface area contributed by atoms with Crippen LogP contribution in [0.1, 0.15) is 19.4 Å². The number of benzene rings is 2. The summed E-state index contributed by atoms with van der Waals surface area (Å²) in [7, 11) is 0. The molecule has 0 fully saturated rings. The van der Waals surface area contributed by atoms with Crippen molar-refractivity contribution in [1.29, 1.82) is 0 Å². The van der Waals surface area contributed by atoms with Gasteiger partial charge in [-0.1, -0.05) is 30.3 Å². The van der Waals surface area contributed by atoms with Crippen LogP contribution in [0.3, 0.4) is 0 Å². The van der Waals surface area contributed by atoms with Crippen molar-refractivity contribution in [3.63, 3.8) is 0 Å². The fraction of sp³-hybridized carbons (Fsp3) is 0.222. The van der Waals surface area contributed by atoms with Gasteiger partial charge in [0.25, 0.3) is 0 Å². The Balaban J connectivity index is 1.84. The first kappa shape index (κ1) is 16.7. The molecular weight excluding hydrogens is 294 g/mol. The third-order valence-corrected chi connectivity index (χ3v) is 3.07. The SMILES string of the molecule is CC(=O)Nc1ccc(OC(=O)[C@@H](C)OCc2ccccc2)cc1. The molecule has 0 aliphatic rings. The Kier molecular flexibility index (Phi) is 5.88. The number of anilines is 1. The lowest BCUT2D eigenvalue weighted by Gasteiger charge is -2.13. The van der Waals surface area contributed by atoms with Gasteiger partial charge < -0.3 is 14.8 Å². The Bertz CT molecular complexity index is 652. The van der Waals surface area contributed by atoms with Crippen molar-refractivity contribution in [1.82, 2.24) is 0 Å². The first-order valence-corrected chi connectivity index (χ1v) is 7.29. The van der Waals surface area contributed by atoms with Crippen LogP contribution < -0.4 is 10.1 Å². The van der Waals surface area contributed by atoms with E-state index in [9.17, 15) is 9.59 Å². The van der Waals surface area contributed by atoms with Crippen molar-refractivity contribution in [2.45, 2.75) is 26.6 Å². The van der Waals surface area contributed by atoms with Gasteiger partial charge in [-0.15, -0.1) is 0 Å². The Morgan fingerprint density at radius 2 is 1.70 bits per heavy atom. The molecule has 0 saturated carbocycles. The maximum atomic E-state index is 12.0. The fourth-order valence-electron chi connectivity index (χ4n) is 1.87. The van der Waals surface area contributed by atoms with Crippen molar-refractivity contribution >= 4 is 17.6 Å². The lowest BCUT2D eigenvalue weighted by Crippen LogP contribution is -2.25. The molecule has 0 aromatic heterocycles. The first-order chi connectivity index (χ1) is 11.0. The molecule has 0 spiro atoms.